The summed E-state index contributed by atoms with van der Waals surface area (Å²) in [5.74, 6) is -5.51. The number of pyridine rings is 1. The Hall–Kier alpha value is -2.75. The molecule has 4 rings (SSSR count). The van der Waals surface area contributed by atoms with Crippen LogP contribution in [0.25, 0.3) is 0 Å². The Kier molecular flexibility index (Phi) is 11.3. The molecule has 2 aromatic heterocycles. The summed E-state index contributed by atoms with van der Waals surface area (Å²) in [5, 5.41) is 16.4. The Labute approximate surface area is 211 Å². The molecule has 0 amide bonds. The zero-order chi connectivity index (χ0) is 27.6. The molecule has 0 aromatic carbocycles. The van der Waals surface area contributed by atoms with E-state index in [1.54, 1.807) is 0 Å². The predicted molar refractivity (Wildman–Crippen MR) is 118 cm³/mol. The summed E-state index contributed by atoms with van der Waals surface area (Å²) in [4.78, 5) is 26.1. The third-order valence-electron chi connectivity index (χ3n) is 5.18. The third-order valence-corrected chi connectivity index (χ3v) is 6.04. The Morgan fingerprint density at radius 3 is 2.24 bits per heavy atom. The molecule has 2 aliphatic heterocycles. The van der Waals surface area contributed by atoms with E-state index in [-0.39, 0.29) is 12.2 Å². The predicted octanol–water partition coefficient (Wildman–Crippen LogP) is 4.36. The summed E-state index contributed by atoms with van der Waals surface area (Å²) >= 11 is 1.83. The maximum absolute atomic E-state index is 10.6. The van der Waals surface area contributed by atoms with Crippen LogP contribution in [-0.4, -0.2) is 75.8 Å². The lowest BCUT2D eigenvalue weighted by Crippen LogP contribution is -2.41. The van der Waals surface area contributed by atoms with Gasteiger partial charge in [0, 0.05) is 36.8 Å². The Morgan fingerprint density at radius 2 is 1.73 bits per heavy atom. The van der Waals surface area contributed by atoms with Crippen LogP contribution in [0.5, 0.6) is 0 Å². The fourth-order valence-electron chi connectivity index (χ4n) is 3.61. The Bertz CT molecular complexity index is 950. The second-order valence-electron chi connectivity index (χ2n) is 7.83. The van der Waals surface area contributed by atoms with Gasteiger partial charge in [0.2, 0.25) is 0 Å². The molecule has 0 spiro atoms. The Morgan fingerprint density at radius 1 is 1.08 bits per heavy atom. The van der Waals surface area contributed by atoms with Gasteiger partial charge in [-0.05, 0) is 36.4 Å². The van der Waals surface area contributed by atoms with Crippen molar-refractivity contribution in [2.75, 3.05) is 13.2 Å². The van der Waals surface area contributed by atoms with Gasteiger partial charge < -0.3 is 19.7 Å². The number of ether oxygens (including phenoxy) is 2. The van der Waals surface area contributed by atoms with Crippen LogP contribution in [0.15, 0.2) is 41.9 Å². The number of hydrogen-bond acceptors (Lipinski definition) is 7. The average molecular weight is 558 g/mol. The molecule has 3 atom stereocenters. The summed E-state index contributed by atoms with van der Waals surface area (Å²) in [6, 6.07) is 10.8. The van der Waals surface area contributed by atoms with E-state index in [2.05, 4.69) is 27.4 Å². The zero-order valence-electron chi connectivity index (χ0n) is 19.1. The second-order valence-corrected chi connectivity index (χ2v) is 8.86. The van der Waals surface area contributed by atoms with Crippen LogP contribution >= 0.6 is 11.3 Å². The molecular weight excluding hydrogens is 534 g/mol. The van der Waals surface area contributed by atoms with Gasteiger partial charge in [0.05, 0.1) is 18.4 Å². The molecule has 2 aliphatic rings. The number of hydrogen-bond donors (Lipinski definition) is 2. The van der Waals surface area contributed by atoms with Crippen LogP contribution in [0.1, 0.15) is 23.4 Å². The highest BCUT2D eigenvalue weighted by atomic mass is 32.1. The largest absolute Gasteiger partial charge is 0.490 e. The van der Waals surface area contributed by atoms with Crippen molar-refractivity contribution < 1.29 is 55.6 Å². The fourth-order valence-corrected chi connectivity index (χ4v) is 4.34. The highest BCUT2D eigenvalue weighted by Crippen LogP contribution is 2.32. The second kappa shape index (κ2) is 13.7. The van der Waals surface area contributed by atoms with Crippen molar-refractivity contribution >= 4 is 23.3 Å². The minimum atomic E-state index is -5.08. The highest BCUT2D eigenvalue weighted by molar-refractivity contribution is 7.09. The maximum Gasteiger partial charge on any atom is 0.490 e. The normalized spacial score (nSPS) is 21.6. The van der Waals surface area contributed by atoms with Gasteiger partial charge in [-0.3, -0.25) is 9.88 Å². The molecule has 8 nitrogen and oxygen atoms in total. The summed E-state index contributed by atoms with van der Waals surface area (Å²) in [6.45, 7) is 3.37. The van der Waals surface area contributed by atoms with Gasteiger partial charge in [0.1, 0.15) is 6.10 Å². The van der Waals surface area contributed by atoms with Gasteiger partial charge in [-0.2, -0.15) is 26.3 Å². The molecule has 2 fully saturated rings. The third kappa shape index (κ3) is 10.3. The number of rotatable bonds is 5. The molecule has 4 heterocycles. The minimum absolute atomic E-state index is 0.141. The molecule has 0 unspecified atom stereocenters. The standard InChI is InChI=1S/C18H22N2O2S.2C2HF3O2/c1-2-8-19-14(5-1)13-22-17-12-20(11-15-6-4-10-23-15)16-7-3-9-21-18(16)17;2*3-2(4,5)1(6)7/h1-2,4-6,8,10,16-18H,3,7,9,11-13H2;2*(H,6,7)/t16-,17+,18+;;/m0../s1. The topological polar surface area (TPSA) is 109 Å². The number of nitrogens with zero attached hydrogens (tertiary/aromatic N) is 2. The number of carboxylic acids is 2. The SMILES string of the molecule is O=C(O)C(F)(F)F.O=C(O)C(F)(F)F.c1ccc(CO[C@@H]2CN(Cc3cccs3)[C@H]3CCCO[C@@H]23)nc1. The fraction of sp³-hybridized carbons (Fsp3) is 0.500. The maximum atomic E-state index is 10.6. The van der Waals surface area contributed by atoms with Crippen LogP contribution in [0.4, 0.5) is 26.3 Å². The average Bonchev–Trinajstić information content (AvgIpc) is 3.46. The van der Waals surface area contributed by atoms with Crippen molar-refractivity contribution in [3.05, 3.63) is 52.5 Å². The first-order valence-electron chi connectivity index (χ1n) is 10.8. The smallest absolute Gasteiger partial charge is 0.475 e. The van der Waals surface area contributed by atoms with Crippen LogP contribution in [0.2, 0.25) is 0 Å². The van der Waals surface area contributed by atoms with Gasteiger partial charge >= 0.3 is 24.3 Å². The number of alkyl halides is 6. The Balaban J connectivity index is 0.000000286. The molecule has 206 valence electrons. The number of aliphatic carboxylic acids is 2. The van der Waals surface area contributed by atoms with Crippen molar-refractivity contribution in [3.8, 4) is 0 Å². The zero-order valence-corrected chi connectivity index (χ0v) is 19.9. The molecule has 0 saturated carbocycles. The van der Waals surface area contributed by atoms with Crippen molar-refractivity contribution in [1.82, 2.24) is 9.88 Å². The van der Waals surface area contributed by atoms with Gasteiger partial charge in [-0.25, -0.2) is 9.59 Å². The number of fused-ring (bicyclic) bond motifs is 1. The number of carboxylic acid groups (broad SMARTS) is 2. The molecular formula is C22H24F6N2O6S. The molecule has 0 bridgehead atoms. The first-order chi connectivity index (χ1) is 17.3. The van der Waals surface area contributed by atoms with E-state index >= 15 is 0 Å². The minimum Gasteiger partial charge on any atom is -0.475 e. The highest BCUT2D eigenvalue weighted by Gasteiger charge is 2.44. The quantitative estimate of drug-likeness (QED) is 0.522. The van der Waals surface area contributed by atoms with E-state index < -0.39 is 24.3 Å². The summed E-state index contributed by atoms with van der Waals surface area (Å²) in [5.41, 5.74) is 0.983. The van der Waals surface area contributed by atoms with Crippen molar-refractivity contribution in [3.63, 3.8) is 0 Å². The van der Waals surface area contributed by atoms with E-state index in [0.717, 1.165) is 31.8 Å². The van der Waals surface area contributed by atoms with Crippen LogP contribution in [0.3, 0.4) is 0 Å². The molecule has 15 heteroatoms. The van der Waals surface area contributed by atoms with Gasteiger partial charge in [-0.1, -0.05) is 12.1 Å². The van der Waals surface area contributed by atoms with E-state index in [9.17, 15) is 26.3 Å². The van der Waals surface area contributed by atoms with Crippen molar-refractivity contribution in [2.45, 2.75) is 56.6 Å². The van der Waals surface area contributed by atoms with Crippen molar-refractivity contribution in [2.24, 2.45) is 0 Å². The molecule has 2 saturated heterocycles. The summed E-state index contributed by atoms with van der Waals surface area (Å²) in [7, 11) is 0. The molecule has 0 radical (unpaired) electrons. The molecule has 2 N–H and O–H groups in total. The lowest BCUT2D eigenvalue weighted by Gasteiger charge is -2.32. The molecule has 2 aromatic rings. The van der Waals surface area contributed by atoms with E-state index in [1.165, 1.54) is 11.3 Å². The molecule has 37 heavy (non-hydrogen) atoms. The molecule has 0 aliphatic carbocycles. The van der Waals surface area contributed by atoms with Crippen LogP contribution in [-0.2, 0) is 32.2 Å². The van der Waals surface area contributed by atoms with Crippen LogP contribution < -0.4 is 0 Å². The number of aromatic nitrogens is 1. The number of carbonyl (C=O) groups is 2. The first kappa shape index (κ1) is 30.5. The van der Waals surface area contributed by atoms with Gasteiger partial charge in [0.25, 0.3) is 0 Å². The number of halogens is 6. The van der Waals surface area contributed by atoms with E-state index in [1.807, 2.05) is 35.7 Å². The van der Waals surface area contributed by atoms with E-state index in [0.29, 0.717) is 12.6 Å². The van der Waals surface area contributed by atoms with E-state index in [4.69, 9.17) is 29.3 Å². The van der Waals surface area contributed by atoms with Crippen LogP contribution in [0, 0.1) is 0 Å². The van der Waals surface area contributed by atoms with Crippen molar-refractivity contribution in [1.29, 1.82) is 0 Å². The number of thiophene rings is 1. The van der Waals surface area contributed by atoms with Gasteiger partial charge in [-0.15, -0.1) is 11.3 Å². The number of likely N-dealkylation sites (tertiary alicyclic amines) is 1. The first-order valence-corrected chi connectivity index (χ1v) is 11.7. The monoisotopic (exact) mass is 558 g/mol. The summed E-state index contributed by atoms with van der Waals surface area (Å²) in [6.07, 6.45) is -5.65. The summed E-state index contributed by atoms with van der Waals surface area (Å²) < 4.78 is 75.7. The lowest BCUT2D eigenvalue weighted by molar-refractivity contribution is -0.193. The van der Waals surface area contributed by atoms with Gasteiger partial charge in [0.15, 0.2) is 0 Å². The lowest BCUT2D eigenvalue weighted by atomic mass is 10.0.